The first-order valence-corrected chi connectivity index (χ1v) is 7.44. The van der Waals surface area contributed by atoms with Gasteiger partial charge in [-0.2, -0.15) is 5.10 Å². The lowest BCUT2D eigenvalue weighted by Crippen LogP contribution is -2.02. The third-order valence-corrected chi connectivity index (χ3v) is 3.69. The molecule has 2 heterocycles. The van der Waals surface area contributed by atoms with E-state index >= 15 is 0 Å². The molecule has 0 aliphatic rings. The molecular weight excluding hydrogens is 306 g/mol. The van der Waals surface area contributed by atoms with Crippen LogP contribution in [0.5, 0.6) is 5.75 Å². The van der Waals surface area contributed by atoms with Gasteiger partial charge in [0.05, 0.1) is 24.6 Å². The van der Waals surface area contributed by atoms with Crippen LogP contribution in [0.4, 0.5) is 0 Å². The zero-order chi connectivity index (χ0) is 16.9. The fourth-order valence-electron chi connectivity index (χ4n) is 2.30. The Morgan fingerprint density at radius 3 is 2.50 bits per heavy atom. The number of methoxy groups -OCH3 is 1. The Bertz CT molecular complexity index is 826. The first kappa shape index (κ1) is 15.7. The Hall–Kier alpha value is -3.15. The molecule has 24 heavy (non-hydrogen) atoms. The number of nitrogens with zero attached hydrogens (tertiary/aromatic N) is 3. The van der Waals surface area contributed by atoms with Gasteiger partial charge in [0.1, 0.15) is 12.4 Å². The number of ether oxygens (including phenoxy) is 2. The van der Waals surface area contributed by atoms with Crippen molar-refractivity contribution >= 4 is 5.97 Å². The maximum absolute atomic E-state index is 11.4. The summed E-state index contributed by atoms with van der Waals surface area (Å²) in [5, 5.41) is 4.39. The zero-order valence-corrected chi connectivity index (χ0v) is 13.5. The molecule has 0 atom stereocenters. The molecule has 0 saturated carbocycles. The number of benzene rings is 1. The van der Waals surface area contributed by atoms with E-state index in [2.05, 4.69) is 14.8 Å². The van der Waals surface area contributed by atoms with Gasteiger partial charge in [-0.3, -0.25) is 4.98 Å². The maximum Gasteiger partial charge on any atom is 0.337 e. The summed E-state index contributed by atoms with van der Waals surface area (Å²) in [6, 6.07) is 10.6. The SMILES string of the molecule is COC(=O)c1ccc(OCc2cnn(-c3ccncc3)c2C)cc1. The molecule has 0 radical (unpaired) electrons. The highest BCUT2D eigenvalue weighted by Crippen LogP contribution is 2.18. The molecular formula is C18H17N3O3. The fourth-order valence-corrected chi connectivity index (χ4v) is 2.30. The Kier molecular flexibility index (Phi) is 4.56. The van der Waals surface area contributed by atoms with E-state index in [9.17, 15) is 4.79 Å². The summed E-state index contributed by atoms with van der Waals surface area (Å²) in [7, 11) is 1.36. The van der Waals surface area contributed by atoms with Gasteiger partial charge in [0.15, 0.2) is 0 Å². The van der Waals surface area contributed by atoms with E-state index < -0.39 is 0 Å². The zero-order valence-electron chi connectivity index (χ0n) is 13.5. The molecule has 0 N–H and O–H groups in total. The van der Waals surface area contributed by atoms with E-state index in [1.54, 1.807) is 42.9 Å². The van der Waals surface area contributed by atoms with Crippen molar-refractivity contribution in [3.8, 4) is 11.4 Å². The number of pyridine rings is 1. The van der Waals surface area contributed by atoms with Crippen LogP contribution in [-0.2, 0) is 11.3 Å². The van der Waals surface area contributed by atoms with Gasteiger partial charge in [0.2, 0.25) is 0 Å². The molecule has 2 aromatic heterocycles. The van der Waals surface area contributed by atoms with E-state index in [1.807, 2.05) is 23.7 Å². The van der Waals surface area contributed by atoms with Crippen molar-refractivity contribution in [1.82, 2.24) is 14.8 Å². The highest BCUT2D eigenvalue weighted by Gasteiger charge is 2.09. The lowest BCUT2D eigenvalue weighted by molar-refractivity contribution is 0.0600. The van der Waals surface area contributed by atoms with E-state index in [1.165, 1.54) is 7.11 Å². The Morgan fingerprint density at radius 1 is 1.12 bits per heavy atom. The molecule has 0 spiro atoms. The molecule has 0 saturated heterocycles. The Labute approximate surface area is 139 Å². The van der Waals surface area contributed by atoms with Crippen LogP contribution < -0.4 is 4.74 Å². The molecule has 6 nitrogen and oxygen atoms in total. The van der Waals surface area contributed by atoms with E-state index in [0.717, 1.165) is 16.9 Å². The van der Waals surface area contributed by atoms with Gasteiger partial charge in [-0.1, -0.05) is 0 Å². The Morgan fingerprint density at radius 2 is 1.83 bits per heavy atom. The average molecular weight is 323 g/mol. The summed E-state index contributed by atoms with van der Waals surface area (Å²) in [4.78, 5) is 15.4. The average Bonchev–Trinajstić information content (AvgIpc) is 3.01. The van der Waals surface area contributed by atoms with Gasteiger partial charge in [-0.15, -0.1) is 0 Å². The second-order valence-corrected chi connectivity index (χ2v) is 5.18. The third-order valence-electron chi connectivity index (χ3n) is 3.69. The normalized spacial score (nSPS) is 10.4. The quantitative estimate of drug-likeness (QED) is 0.675. The van der Waals surface area contributed by atoms with Crippen molar-refractivity contribution in [1.29, 1.82) is 0 Å². The number of aromatic nitrogens is 3. The molecule has 0 aliphatic carbocycles. The summed E-state index contributed by atoms with van der Waals surface area (Å²) in [6.45, 7) is 2.39. The monoisotopic (exact) mass is 323 g/mol. The smallest absolute Gasteiger partial charge is 0.337 e. The van der Waals surface area contributed by atoms with Crippen LogP contribution in [0, 0.1) is 6.92 Å². The van der Waals surface area contributed by atoms with Crippen molar-refractivity contribution < 1.29 is 14.3 Å². The van der Waals surface area contributed by atoms with Crippen LogP contribution in [0.2, 0.25) is 0 Å². The van der Waals surface area contributed by atoms with Crippen LogP contribution in [0.25, 0.3) is 5.69 Å². The van der Waals surface area contributed by atoms with Crippen LogP contribution in [0.1, 0.15) is 21.6 Å². The topological polar surface area (TPSA) is 66.2 Å². The predicted molar refractivity (Wildman–Crippen MR) is 88.2 cm³/mol. The largest absolute Gasteiger partial charge is 0.489 e. The lowest BCUT2D eigenvalue weighted by Gasteiger charge is -2.08. The first-order valence-electron chi connectivity index (χ1n) is 7.44. The van der Waals surface area contributed by atoms with E-state index in [4.69, 9.17) is 4.74 Å². The number of rotatable bonds is 5. The van der Waals surface area contributed by atoms with Crippen LogP contribution in [0.3, 0.4) is 0 Å². The maximum atomic E-state index is 11.4. The minimum absolute atomic E-state index is 0.365. The van der Waals surface area contributed by atoms with E-state index in [0.29, 0.717) is 17.9 Å². The molecule has 3 rings (SSSR count). The summed E-state index contributed by atoms with van der Waals surface area (Å²) < 4.78 is 12.3. The second-order valence-electron chi connectivity index (χ2n) is 5.18. The number of carbonyl (C=O) groups excluding carboxylic acids is 1. The summed E-state index contributed by atoms with van der Waals surface area (Å²) >= 11 is 0. The molecule has 122 valence electrons. The summed E-state index contributed by atoms with van der Waals surface area (Å²) in [6.07, 6.45) is 5.25. The highest BCUT2D eigenvalue weighted by atomic mass is 16.5. The lowest BCUT2D eigenvalue weighted by atomic mass is 10.2. The van der Waals surface area contributed by atoms with Crippen LogP contribution >= 0.6 is 0 Å². The van der Waals surface area contributed by atoms with Crippen LogP contribution in [0.15, 0.2) is 55.0 Å². The number of esters is 1. The molecule has 6 heteroatoms. The van der Waals surface area contributed by atoms with Crippen molar-refractivity contribution in [2.45, 2.75) is 13.5 Å². The summed E-state index contributed by atoms with van der Waals surface area (Å²) in [5.41, 5.74) is 3.44. The molecule has 0 amide bonds. The number of carbonyl (C=O) groups is 1. The van der Waals surface area contributed by atoms with Gasteiger partial charge < -0.3 is 9.47 Å². The highest BCUT2D eigenvalue weighted by molar-refractivity contribution is 5.89. The molecule has 0 unspecified atom stereocenters. The fraction of sp³-hybridized carbons (Fsp3) is 0.167. The minimum Gasteiger partial charge on any atom is -0.489 e. The molecule has 0 aliphatic heterocycles. The van der Waals surface area contributed by atoms with Gasteiger partial charge in [-0.25, -0.2) is 9.48 Å². The molecule has 0 bridgehead atoms. The summed E-state index contributed by atoms with van der Waals surface area (Å²) in [5.74, 6) is 0.315. The first-order chi connectivity index (χ1) is 11.7. The van der Waals surface area contributed by atoms with Gasteiger partial charge in [-0.05, 0) is 43.3 Å². The van der Waals surface area contributed by atoms with Crippen molar-refractivity contribution in [2.24, 2.45) is 0 Å². The number of hydrogen-bond acceptors (Lipinski definition) is 5. The van der Waals surface area contributed by atoms with Gasteiger partial charge in [0.25, 0.3) is 0 Å². The third kappa shape index (κ3) is 3.27. The Balaban J connectivity index is 1.69. The predicted octanol–water partition coefficient (Wildman–Crippen LogP) is 2.94. The van der Waals surface area contributed by atoms with E-state index in [-0.39, 0.29) is 5.97 Å². The van der Waals surface area contributed by atoms with Crippen molar-refractivity contribution in [3.05, 3.63) is 71.8 Å². The molecule has 0 fully saturated rings. The van der Waals surface area contributed by atoms with Gasteiger partial charge >= 0.3 is 5.97 Å². The molecule has 1 aromatic carbocycles. The minimum atomic E-state index is -0.365. The second kappa shape index (κ2) is 6.95. The molecule has 3 aromatic rings. The van der Waals surface area contributed by atoms with Crippen molar-refractivity contribution in [3.63, 3.8) is 0 Å². The number of hydrogen-bond donors (Lipinski definition) is 0. The van der Waals surface area contributed by atoms with Crippen molar-refractivity contribution in [2.75, 3.05) is 7.11 Å². The van der Waals surface area contributed by atoms with Crippen LogP contribution in [-0.4, -0.2) is 27.8 Å². The standard InChI is InChI=1S/C18H17N3O3/c1-13-15(11-20-21(13)16-7-9-19-10-8-16)12-24-17-5-3-14(4-6-17)18(22)23-2/h3-11H,12H2,1-2H3. The van der Waals surface area contributed by atoms with Gasteiger partial charge in [0, 0.05) is 23.7 Å².